The summed E-state index contributed by atoms with van der Waals surface area (Å²) < 4.78 is 10.8. The average molecular weight is 344 g/mol. The normalized spacial score (nSPS) is 16.7. The van der Waals surface area contributed by atoms with Gasteiger partial charge in [0.15, 0.2) is 11.9 Å². The SMILES string of the molecule is Cc1ccc(O[C@@H](C)C(=O)N2CCN(Cc3noc(C)n3)CC2)cc1. The summed E-state index contributed by atoms with van der Waals surface area (Å²) in [6.45, 7) is 9.18. The first-order valence-corrected chi connectivity index (χ1v) is 8.55. The number of carbonyl (C=O) groups is 1. The molecule has 134 valence electrons. The van der Waals surface area contributed by atoms with Gasteiger partial charge in [0, 0.05) is 33.1 Å². The van der Waals surface area contributed by atoms with Crippen LogP contribution in [0.2, 0.25) is 0 Å². The predicted octanol–water partition coefficient (Wildman–Crippen LogP) is 1.80. The summed E-state index contributed by atoms with van der Waals surface area (Å²) in [4.78, 5) is 20.9. The maximum atomic E-state index is 12.6. The Morgan fingerprint density at radius 3 is 2.48 bits per heavy atom. The van der Waals surface area contributed by atoms with Gasteiger partial charge in [0.1, 0.15) is 5.75 Å². The van der Waals surface area contributed by atoms with E-state index in [0.29, 0.717) is 31.3 Å². The minimum Gasteiger partial charge on any atom is -0.481 e. The van der Waals surface area contributed by atoms with Crippen molar-refractivity contribution >= 4 is 5.91 Å². The van der Waals surface area contributed by atoms with Crippen LogP contribution >= 0.6 is 0 Å². The van der Waals surface area contributed by atoms with Crippen molar-refractivity contribution in [2.75, 3.05) is 26.2 Å². The molecule has 0 aliphatic carbocycles. The van der Waals surface area contributed by atoms with E-state index in [-0.39, 0.29) is 5.91 Å². The highest BCUT2D eigenvalue weighted by atomic mass is 16.5. The zero-order valence-corrected chi connectivity index (χ0v) is 14.9. The smallest absolute Gasteiger partial charge is 0.263 e. The van der Waals surface area contributed by atoms with Gasteiger partial charge in [-0.25, -0.2) is 0 Å². The summed E-state index contributed by atoms with van der Waals surface area (Å²) in [7, 11) is 0. The standard InChI is InChI=1S/C18H24N4O3/c1-13-4-6-16(7-5-13)24-14(2)18(23)22-10-8-21(9-11-22)12-17-19-15(3)25-20-17/h4-7,14H,8-12H2,1-3H3/t14-/m0/s1. The molecular formula is C18H24N4O3. The highest BCUT2D eigenvalue weighted by Gasteiger charge is 2.26. The summed E-state index contributed by atoms with van der Waals surface area (Å²) in [5, 5.41) is 3.92. The largest absolute Gasteiger partial charge is 0.481 e. The first-order chi connectivity index (χ1) is 12.0. The zero-order chi connectivity index (χ0) is 17.8. The lowest BCUT2D eigenvalue weighted by molar-refractivity contribution is -0.139. The third kappa shape index (κ3) is 4.57. The summed E-state index contributed by atoms with van der Waals surface area (Å²) >= 11 is 0. The molecule has 2 heterocycles. The van der Waals surface area contributed by atoms with E-state index < -0.39 is 6.10 Å². The molecule has 0 N–H and O–H groups in total. The maximum absolute atomic E-state index is 12.6. The van der Waals surface area contributed by atoms with Crippen molar-refractivity contribution in [1.29, 1.82) is 0 Å². The molecule has 1 aliphatic rings. The summed E-state index contributed by atoms with van der Waals surface area (Å²) in [6, 6.07) is 7.74. The number of aryl methyl sites for hydroxylation is 2. The van der Waals surface area contributed by atoms with Crippen LogP contribution in [-0.4, -0.2) is 58.1 Å². The Labute approximate surface area is 147 Å². The van der Waals surface area contributed by atoms with E-state index in [1.807, 2.05) is 36.1 Å². The van der Waals surface area contributed by atoms with E-state index in [2.05, 4.69) is 15.0 Å². The first-order valence-electron chi connectivity index (χ1n) is 8.55. The number of aromatic nitrogens is 2. The number of amides is 1. The van der Waals surface area contributed by atoms with Crippen molar-refractivity contribution in [2.45, 2.75) is 33.4 Å². The van der Waals surface area contributed by atoms with Crippen LogP contribution in [0.3, 0.4) is 0 Å². The van der Waals surface area contributed by atoms with E-state index >= 15 is 0 Å². The molecule has 1 atom stereocenters. The van der Waals surface area contributed by atoms with Crippen LogP contribution < -0.4 is 4.74 Å². The molecule has 25 heavy (non-hydrogen) atoms. The first kappa shape index (κ1) is 17.4. The Balaban J connectivity index is 1.48. The molecule has 2 aromatic rings. The highest BCUT2D eigenvalue weighted by molar-refractivity contribution is 5.81. The van der Waals surface area contributed by atoms with Crippen molar-refractivity contribution < 1.29 is 14.1 Å². The molecule has 7 nitrogen and oxygen atoms in total. The van der Waals surface area contributed by atoms with E-state index in [4.69, 9.17) is 9.26 Å². The Hall–Kier alpha value is -2.41. The van der Waals surface area contributed by atoms with Crippen LogP contribution in [0.4, 0.5) is 0 Å². The molecule has 1 aromatic carbocycles. The second-order valence-electron chi connectivity index (χ2n) is 6.40. The lowest BCUT2D eigenvalue weighted by Gasteiger charge is -2.35. The minimum absolute atomic E-state index is 0.0237. The molecular weight excluding hydrogens is 320 g/mol. The quantitative estimate of drug-likeness (QED) is 0.824. The van der Waals surface area contributed by atoms with Crippen LogP contribution in [0, 0.1) is 13.8 Å². The Morgan fingerprint density at radius 2 is 1.88 bits per heavy atom. The average Bonchev–Trinajstić information content (AvgIpc) is 3.02. The van der Waals surface area contributed by atoms with E-state index in [1.54, 1.807) is 13.8 Å². The van der Waals surface area contributed by atoms with E-state index in [1.165, 1.54) is 5.56 Å². The number of hydrogen-bond donors (Lipinski definition) is 0. The van der Waals surface area contributed by atoms with Gasteiger partial charge >= 0.3 is 0 Å². The third-order valence-electron chi connectivity index (χ3n) is 4.30. The van der Waals surface area contributed by atoms with Crippen molar-refractivity contribution in [3.63, 3.8) is 0 Å². The fraction of sp³-hybridized carbons (Fsp3) is 0.500. The maximum Gasteiger partial charge on any atom is 0.263 e. The Kier molecular flexibility index (Phi) is 5.33. The molecule has 1 amide bonds. The minimum atomic E-state index is -0.492. The molecule has 0 unspecified atom stereocenters. The van der Waals surface area contributed by atoms with Crippen LogP contribution in [-0.2, 0) is 11.3 Å². The van der Waals surface area contributed by atoms with Gasteiger partial charge in [-0.2, -0.15) is 4.98 Å². The number of hydrogen-bond acceptors (Lipinski definition) is 6. The number of rotatable bonds is 5. The summed E-state index contributed by atoms with van der Waals surface area (Å²) in [5.41, 5.74) is 1.17. The van der Waals surface area contributed by atoms with Gasteiger partial charge in [-0.15, -0.1) is 0 Å². The fourth-order valence-electron chi connectivity index (χ4n) is 2.86. The van der Waals surface area contributed by atoms with Crippen molar-refractivity contribution in [3.05, 3.63) is 41.5 Å². The fourth-order valence-corrected chi connectivity index (χ4v) is 2.86. The van der Waals surface area contributed by atoms with Crippen molar-refractivity contribution in [1.82, 2.24) is 19.9 Å². The zero-order valence-electron chi connectivity index (χ0n) is 14.9. The highest BCUT2D eigenvalue weighted by Crippen LogP contribution is 2.15. The summed E-state index contributed by atoms with van der Waals surface area (Å²) in [5.74, 6) is 2.01. The second kappa shape index (κ2) is 7.65. The van der Waals surface area contributed by atoms with E-state index in [0.717, 1.165) is 18.8 Å². The molecule has 7 heteroatoms. The van der Waals surface area contributed by atoms with Crippen molar-refractivity contribution in [2.24, 2.45) is 0 Å². The van der Waals surface area contributed by atoms with Crippen LogP contribution in [0.5, 0.6) is 5.75 Å². The van der Waals surface area contributed by atoms with E-state index in [9.17, 15) is 4.79 Å². The van der Waals surface area contributed by atoms with Gasteiger partial charge in [-0.1, -0.05) is 22.9 Å². The Bertz CT molecular complexity index is 705. The molecule has 1 aromatic heterocycles. The van der Waals surface area contributed by atoms with Gasteiger partial charge in [0.25, 0.3) is 5.91 Å². The third-order valence-corrected chi connectivity index (χ3v) is 4.30. The predicted molar refractivity (Wildman–Crippen MR) is 92.2 cm³/mol. The number of nitrogens with zero attached hydrogens (tertiary/aromatic N) is 4. The molecule has 1 fully saturated rings. The molecule has 1 aliphatic heterocycles. The van der Waals surface area contributed by atoms with Gasteiger partial charge in [0.2, 0.25) is 5.89 Å². The number of piperazine rings is 1. The van der Waals surface area contributed by atoms with Crippen molar-refractivity contribution in [3.8, 4) is 5.75 Å². The number of carbonyl (C=O) groups excluding carboxylic acids is 1. The van der Waals surface area contributed by atoms with Crippen LogP contribution in [0.25, 0.3) is 0 Å². The molecule has 0 spiro atoms. The molecule has 3 rings (SSSR count). The lowest BCUT2D eigenvalue weighted by atomic mass is 10.2. The van der Waals surface area contributed by atoms with Gasteiger partial charge < -0.3 is 14.2 Å². The van der Waals surface area contributed by atoms with Gasteiger partial charge in [-0.05, 0) is 26.0 Å². The number of ether oxygens (including phenoxy) is 1. The second-order valence-corrected chi connectivity index (χ2v) is 6.40. The van der Waals surface area contributed by atoms with Crippen LogP contribution in [0.15, 0.2) is 28.8 Å². The number of benzene rings is 1. The van der Waals surface area contributed by atoms with Crippen LogP contribution in [0.1, 0.15) is 24.2 Å². The lowest BCUT2D eigenvalue weighted by Crippen LogP contribution is -2.51. The molecule has 0 radical (unpaired) electrons. The monoisotopic (exact) mass is 344 g/mol. The Morgan fingerprint density at radius 1 is 1.20 bits per heavy atom. The van der Waals surface area contributed by atoms with Gasteiger partial charge in [-0.3, -0.25) is 9.69 Å². The van der Waals surface area contributed by atoms with Gasteiger partial charge in [0.05, 0.1) is 6.54 Å². The molecule has 1 saturated heterocycles. The molecule has 0 bridgehead atoms. The topological polar surface area (TPSA) is 71.7 Å². The molecule has 0 saturated carbocycles. The summed E-state index contributed by atoms with van der Waals surface area (Å²) in [6.07, 6.45) is -0.492.